The summed E-state index contributed by atoms with van der Waals surface area (Å²) in [5, 5.41) is 3.54. The van der Waals surface area contributed by atoms with E-state index in [1.165, 1.54) is 20.3 Å². The third kappa shape index (κ3) is 3.77. The number of aromatic nitrogens is 1. The van der Waals surface area contributed by atoms with Crippen molar-refractivity contribution in [3.05, 3.63) is 61.4 Å². The molecule has 0 aliphatic carbocycles. The first-order valence-electron chi connectivity index (χ1n) is 6.21. The molecule has 0 amide bonds. The molecule has 2 nitrogen and oxygen atoms in total. The first-order valence-corrected chi connectivity index (χ1v) is 8.09. The highest BCUT2D eigenvalue weighted by atomic mass is 127. The maximum Gasteiger partial charge on any atom is 0.0602 e. The zero-order valence-corrected chi connectivity index (χ0v) is 14.7. The molecule has 100 valence electrons. The third-order valence-corrected chi connectivity index (χ3v) is 4.38. The topological polar surface area (TPSA) is 24.9 Å². The van der Waals surface area contributed by atoms with Crippen LogP contribution in [-0.4, -0.2) is 11.5 Å². The molecule has 1 heterocycles. The standard InChI is InChI=1S/C15H16BrIN2/c1-3-19-15(11-6-10(2)8-18-9-11)13-7-12(16)4-5-14(13)17/h4-9,15,19H,3H2,1-2H3. The lowest BCUT2D eigenvalue weighted by Gasteiger charge is -2.20. The molecule has 1 N–H and O–H groups in total. The van der Waals surface area contributed by atoms with Crippen LogP contribution in [0, 0.1) is 10.5 Å². The van der Waals surface area contributed by atoms with E-state index in [0.717, 1.165) is 11.0 Å². The van der Waals surface area contributed by atoms with E-state index in [-0.39, 0.29) is 6.04 Å². The van der Waals surface area contributed by atoms with Crippen LogP contribution in [0.15, 0.2) is 41.1 Å². The van der Waals surface area contributed by atoms with Gasteiger partial charge < -0.3 is 5.32 Å². The number of aryl methyl sites for hydroxylation is 1. The number of nitrogens with zero attached hydrogens (tertiary/aromatic N) is 1. The summed E-state index contributed by atoms with van der Waals surface area (Å²) in [5.41, 5.74) is 3.67. The maximum absolute atomic E-state index is 4.31. The van der Waals surface area contributed by atoms with E-state index in [4.69, 9.17) is 0 Å². The normalized spacial score (nSPS) is 12.4. The van der Waals surface area contributed by atoms with E-state index in [9.17, 15) is 0 Å². The van der Waals surface area contributed by atoms with E-state index in [2.05, 4.69) is 86.9 Å². The highest BCUT2D eigenvalue weighted by molar-refractivity contribution is 14.1. The molecular formula is C15H16BrIN2. The Bertz CT molecular complexity index is 572. The molecule has 0 bridgehead atoms. The predicted molar refractivity (Wildman–Crippen MR) is 91.4 cm³/mol. The minimum atomic E-state index is 0.182. The summed E-state index contributed by atoms with van der Waals surface area (Å²) in [7, 11) is 0. The number of nitrogens with one attached hydrogen (secondary N) is 1. The van der Waals surface area contributed by atoms with E-state index in [0.29, 0.717) is 0 Å². The monoisotopic (exact) mass is 430 g/mol. The first-order chi connectivity index (χ1) is 9.11. The lowest BCUT2D eigenvalue weighted by atomic mass is 9.99. The zero-order valence-electron chi connectivity index (χ0n) is 11.0. The maximum atomic E-state index is 4.31. The van der Waals surface area contributed by atoms with E-state index in [1.54, 1.807) is 0 Å². The van der Waals surface area contributed by atoms with Crippen LogP contribution in [0.2, 0.25) is 0 Å². The van der Waals surface area contributed by atoms with Gasteiger partial charge in [0.15, 0.2) is 0 Å². The van der Waals surface area contributed by atoms with Crippen LogP contribution in [0.25, 0.3) is 0 Å². The highest BCUT2D eigenvalue weighted by Gasteiger charge is 2.16. The van der Waals surface area contributed by atoms with Gasteiger partial charge in [0.05, 0.1) is 6.04 Å². The quantitative estimate of drug-likeness (QED) is 0.724. The van der Waals surface area contributed by atoms with Crippen LogP contribution in [0.3, 0.4) is 0 Å². The third-order valence-electron chi connectivity index (χ3n) is 2.91. The van der Waals surface area contributed by atoms with Crippen LogP contribution >= 0.6 is 38.5 Å². The molecule has 1 aromatic carbocycles. The fraction of sp³-hybridized carbons (Fsp3) is 0.267. The number of rotatable bonds is 4. The Morgan fingerprint density at radius 1 is 1.32 bits per heavy atom. The molecule has 0 saturated carbocycles. The van der Waals surface area contributed by atoms with Crippen molar-refractivity contribution in [2.24, 2.45) is 0 Å². The Balaban J connectivity index is 2.48. The minimum Gasteiger partial charge on any atom is -0.306 e. The van der Waals surface area contributed by atoms with Gasteiger partial charge in [-0.2, -0.15) is 0 Å². The number of benzene rings is 1. The van der Waals surface area contributed by atoms with E-state index < -0.39 is 0 Å². The van der Waals surface area contributed by atoms with Gasteiger partial charge in [-0.05, 0) is 70.9 Å². The SMILES string of the molecule is CCNC(c1cncc(C)c1)c1cc(Br)ccc1I. The van der Waals surface area contributed by atoms with Gasteiger partial charge in [0, 0.05) is 20.4 Å². The Labute approximate surface area is 136 Å². The Hall–Kier alpha value is -0.460. The molecule has 0 radical (unpaired) electrons. The van der Waals surface area contributed by atoms with Crippen molar-refractivity contribution < 1.29 is 0 Å². The molecular weight excluding hydrogens is 415 g/mol. The second kappa shape index (κ2) is 6.81. The van der Waals surface area contributed by atoms with Crippen molar-refractivity contribution in [2.75, 3.05) is 6.54 Å². The summed E-state index contributed by atoms with van der Waals surface area (Å²) in [4.78, 5) is 4.31. The Morgan fingerprint density at radius 3 is 2.79 bits per heavy atom. The van der Waals surface area contributed by atoms with Gasteiger partial charge in [-0.25, -0.2) is 0 Å². The van der Waals surface area contributed by atoms with Crippen LogP contribution in [0.1, 0.15) is 29.7 Å². The number of halogens is 2. The average molecular weight is 431 g/mol. The molecule has 0 fully saturated rings. The summed E-state index contributed by atoms with van der Waals surface area (Å²) in [6, 6.07) is 8.76. The summed E-state index contributed by atoms with van der Waals surface area (Å²) < 4.78 is 2.36. The van der Waals surface area contributed by atoms with Gasteiger partial charge in [0.2, 0.25) is 0 Å². The fourth-order valence-corrected chi connectivity index (χ4v) is 3.11. The zero-order chi connectivity index (χ0) is 13.8. The average Bonchev–Trinajstić information content (AvgIpc) is 2.39. The summed E-state index contributed by atoms with van der Waals surface area (Å²) in [6.07, 6.45) is 3.83. The molecule has 0 aliphatic heterocycles. The van der Waals surface area contributed by atoms with Gasteiger partial charge in [-0.15, -0.1) is 0 Å². The summed E-state index contributed by atoms with van der Waals surface area (Å²) in [6.45, 7) is 5.12. The van der Waals surface area contributed by atoms with Crippen LogP contribution in [0.5, 0.6) is 0 Å². The Morgan fingerprint density at radius 2 is 2.11 bits per heavy atom. The molecule has 0 aliphatic rings. The Kier molecular flexibility index (Phi) is 5.36. The largest absolute Gasteiger partial charge is 0.306 e. The van der Waals surface area contributed by atoms with Crippen molar-refractivity contribution >= 4 is 38.5 Å². The molecule has 4 heteroatoms. The molecule has 0 spiro atoms. The molecule has 1 unspecified atom stereocenters. The van der Waals surface area contributed by atoms with Crippen molar-refractivity contribution in [1.29, 1.82) is 0 Å². The van der Waals surface area contributed by atoms with Crippen LogP contribution in [-0.2, 0) is 0 Å². The minimum absolute atomic E-state index is 0.182. The van der Waals surface area contributed by atoms with E-state index >= 15 is 0 Å². The van der Waals surface area contributed by atoms with Crippen molar-refractivity contribution in [3.63, 3.8) is 0 Å². The number of hydrogen-bond acceptors (Lipinski definition) is 2. The highest BCUT2D eigenvalue weighted by Crippen LogP contribution is 2.28. The lowest BCUT2D eigenvalue weighted by molar-refractivity contribution is 0.625. The number of pyridine rings is 1. The van der Waals surface area contributed by atoms with Crippen molar-refractivity contribution in [1.82, 2.24) is 10.3 Å². The molecule has 2 rings (SSSR count). The van der Waals surface area contributed by atoms with E-state index in [1.807, 2.05) is 12.4 Å². The van der Waals surface area contributed by atoms with Gasteiger partial charge in [-0.1, -0.05) is 28.9 Å². The molecule has 1 aromatic heterocycles. The summed E-state index contributed by atoms with van der Waals surface area (Å²) in [5.74, 6) is 0. The molecule has 2 aromatic rings. The fourth-order valence-electron chi connectivity index (χ4n) is 2.08. The van der Waals surface area contributed by atoms with Crippen LogP contribution in [0.4, 0.5) is 0 Å². The van der Waals surface area contributed by atoms with Crippen molar-refractivity contribution in [2.45, 2.75) is 19.9 Å². The second-order valence-corrected chi connectivity index (χ2v) is 6.53. The van der Waals surface area contributed by atoms with Gasteiger partial charge in [-0.3, -0.25) is 4.98 Å². The van der Waals surface area contributed by atoms with Gasteiger partial charge >= 0.3 is 0 Å². The molecule has 19 heavy (non-hydrogen) atoms. The summed E-state index contributed by atoms with van der Waals surface area (Å²) >= 11 is 5.94. The predicted octanol–water partition coefficient (Wildman–Crippen LogP) is 4.46. The molecule has 0 saturated heterocycles. The van der Waals surface area contributed by atoms with Crippen molar-refractivity contribution in [3.8, 4) is 0 Å². The van der Waals surface area contributed by atoms with Gasteiger partial charge in [0.1, 0.15) is 0 Å². The van der Waals surface area contributed by atoms with Gasteiger partial charge in [0.25, 0.3) is 0 Å². The smallest absolute Gasteiger partial charge is 0.0602 e. The number of hydrogen-bond donors (Lipinski definition) is 1. The first kappa shape index (κ1) is 14.9. The van der Waals surface area contributed by atoms with Crippen LogP contribution < -0.4 is 5.32 Å². The molecule has 1 atom stereocenters. The second-order valence-electron chi connectivity index (χ2n) is 4.45. The lowest BCUT2D eigenvalue weighted by Crippen LogP contribution is -2.23.